The van der Waals surface area contributed by atoms with Gasteiger partial charge in [0.2, 0.25) is 0 Å². The van der Waals surface area contributed by atoms with Crippen LogP contribution < -0.4 is 5.32 Å². The van der Waals surface area contributed by atoms with Gasteiger partial charge >= 0.3 is 0 Å². The third-order valence-electron chi connectivity index (χ3n) is 3.68. The number of anilines is 1. The molecule has 0 aliphatic heterocycles. The summed E-state index contributed by atoms with van der Waals surface area (Å²) in [5, 5.41) is 8.11. The van der Waals surface area contributed by atoms with Gasteiger partial charge in [-0.15, -0.1) is 0 Å². The van der Waals surface area contributed by atoms with Crippen LogP contribution in [-0.4, -0.2) is 9.78 Å². The summed E-state index contributed by atoms with van der Waals surface area (Å²) in [4.78, 5) is 0. The summed E-state index contributed by atoms with van der Waals surface area (Å²) in [5.41, 5.74) is 5.02. The normalized spacial score (nSPS) is 12.0. The Balaban J connectivity index is 2.10. The summed E-state index contributed by atoms with van der Waals surface area (Å²) in [7, 11) is 1.98. The zero-order valence-corrected chi connectivity index (χ0v) is 14.1. The summed E-state index contributed by atoms with van der Waals surface area (Å²) < 4.78 is 1.90. The van der Waals surface area contributed by atoms with Gasteiger partial charge in [-0.05, 0) is 23.6 Å². The van der Waals surface area contributed by atoms with Crippen molar-refractivity contribution in [3.8, 4) is 0 Å². The Kier molecular flexibility index (Phi) is 4.40. The van der Waals surface area contributed by atoms with E-state index in [1.54, 1.807) is 0 Å². The average Bonchev–Trinajstić information content (AvgIpc) is 2.78. The number of hydrogen-bond acceptors (Lipinski definition) is 2. The number of benzene rings is 1. The zero-order valence-electron chi connectivity index (χ0n) is 14.1. The van der Waals surface area contributed by atoms with Crippen molar-refractivity contribution < 1.29 is 0 Å². The molecule has 21 heavy (non-hydrogen) atoms. The molecule has 0 aliphatic rings. The standard InChI is InChI=1S/C18H27N3/c1-13(2)14-7-9-16(10-8-14)19-11-15-12-21(6)20-17(15)18(3,4)5/h7-10,12-13,19H,11H2,1-6H3. The number of aromatic nitrogens is 2. The molecule has 0 bridgehead atoms. The van der Waals surface area contributed by atoms with E-state index in [0.29, 0.717) is 5.92 Å². The van der Waals surface area contributed by atoms with Crippen molar-refractivity contribution in [3.05, 3.63) is 47.3 Å². The van der Waals surface area contributed by atoms with E-state index in [2.05, 4.69) is 75.5 Å². The maximum absolute atomic E-state index is 4.61. The molecule has 2 rings (SSSR count). The SMILES string of the molecule is CC(C)c1ccc(NCc2cn(C)nc2C(C)(C)C)cc1. The van der Waals surface area contributed by atoms with Gasteiger partial charge in [-0.2, -0.15) is 5.10 Å². The zero-order chi connectivity index (χ0) is 15.6. The lowest BCUT2D eigenvalue weighted by Crippen LogP contribution is -2.16. The lowest BCUT2D eigenvalue weighted by atomic mass is 9.89. The van der Waals surface area contributed by atoms with E-state index in [1.165, 1.54) is 11.1 Å². The van der Waals surface area contributed by atoms with Gasteiger partial charge in [-0.3, -0.25) is 4.68 Å². The maximum atomic E-state index is 4.61. The molecule has 1 aromatic carbocycles. The first-order valence-corrected chi connectivity index (χ1v) is 7.64. The van der Waals surface area contributed by atoms with E-state index < -0.39 is 0 Å². The largest absolute Gasteiger partial charge is 0.381 e. The highest BCUT2D eigenvalue weighted by Gasteiger charge is 2.21. The predicted molar refractivity (Wildman–Crippen MR) is 89.8 cm³/mol. The first-order chi connectivity index (χ1) is 9.77. The Bertz CT molecular complexity index is 586. The summed E-state index contributed by atoms with van der Waals surface area (Å²) in [6.07, 6.45) is 2.11. The molecule has 0 saturated carbocycles. The molecule has 3 nitrogen and oxygen atoms in total. The predicted octanol–water partition coefficient (Wildman–Crippen LogP) is 4.45. The number of hydrogen-bond donors (Lipinski definition) is 1. The third-order valence-corrected chi connectivity index (χ3v) is 3.68. The highest BCUT2D eigenvalue weighted by Crippen LogP contribution is 2.25. The Morgan fingerprint density at radius 2 is 1.76 bits per heavy atom. The van der Waals surface area contributed by atoms with E-state index >= 15 is 0 Å². The lowest BCUT2D eigenvalue weighted by Gasteiger charge is -2.18. The Morgan fingerprint density at radius 3 is 2.29 bits per heavy atom. The molecule has 0 fully saturated rings. The Morgan fingerprint density at radius 1 is 1.14 bits per heavy atom. The molecular weight excluding hydrogens is 258 g/mol. The second-order valence-corrected chi connectivity index (χ2v) is 7.06. The minimum Gasteiger partial charge on any atom is -0.381 e. The van der Waals surface area contributed by atoms with Gasteiger partial charge in [-0.1, -0.05) is 46.8 Å². The van der Waals surface area contributed by atoms with Crippen LogP contribution in [-0.2, 0) is 19.0 Å². The van der Waals surface area contributed by atoms with Gasteiger partial charge in [0.05, 0.1) is 5.69 Å². The smallest absolute Gasteiger partial charge is 0.0727 e. The molecule has 3 heteroatoms. The van der Waals surface area contributed by atoms with Crippen LogP contribution in [0.2, 0.25) is 0 Å². The molecule has 114 valence electrons. The minimum absolute atomic E-state index is 0.0692. The second-order valence-electron chi connectivity index (χ2n) is 7.06. The molecule has 1 heterocycles. The number of aryl methyl sites for hydroxylation is 1. The van der Waals surface area contributed by atoms with Crippen molar-refractivity contribution in [2.24, 2.45) is 7.05 Å². The summed E-state index contributed by atoms with van der Waals surface area (Å²) in [5.74, 6) is 0.574. The minimum atomic E-state index is 0.0692. The van der Waals surface area contributed by atoms with Crippen LogP contribution in [0.5, 0.6) is 0 Å². The fourth-order valence-electron chi connectivity index (χ4n) is 2.48. The van der Waals surface area contributed by atoms with Crippen LogP contribution >= 0.6 is 0 Å². The molecule has 0 amide bonds. The quantitative estimate of drug-likeness (QED) is 0.899. The Hall–Kier alpha value is -1.77. The van der Waals surface area contributed by atoms with Gasteiger partial charge < -0.3 is 5.32 Å². The van der Waals surface area contributed by atoms with Crippen molar-refractivity contribution in [3.63, 3.8) is 0 Å². The maximum Gasteiger partial charge on any atom is 0.0727 e. The van der Waals surface area contributed by atoms with Crippen LogP contribution in [0.4, 0.5) is 5.69 Å². The summed E-state index contributed by atoms with van der Waals surface area (Å²) >= 11 is 0. The topological polar surface area (TPSA) is 29.9 Å². The first-order valence-electron chi connectivity index (χ1n) is 7.64. The van der Waals surface area contributed by atoms with Crippen LogP contribution in [0.25, 0.3) is 0 Å². The van der Waals surface area contributed by atoms with Gasteiger partial charge in [0.15, 0.2) is 0 Å². The van der Waals surface area contributed by atoms with E-state index in [0.717, 1.165) is 17.9 Å². The average molecular weight is 285 g/mol. The van der Waals surface area contributed by atoms with Crippen LogP contribution in [0.1, 0.15) is 57.4 Å². The molecule has 0 saturated heterocycles. The Labute approximate surface area is 128 Å². The fourth-order valence-corrected chi connectivity index (χ4v) is 2.48. The van der Waals surface area contributed by atoms with E-state index in [4.69, 9.17) is 0 Å². The third kappa shape index (κ3) is 3.87. The molecule has 0 spiro atoms. The van der Waals surface area contributed by atoms with Crippen molar-refractivity contribution >= 4 is 5.69 Å². The van der Waals surface area contributed by atoms with Crippen LogP contribution in [0, 0.1) is 0 Å². The number of rotatable bonds is 4. The molecule has 0 aliphatic carbocycles. The van der Waals surface area contributed by atoms with Crippen LogP contribution in [0.15, 0.2) is 30.5 Å². The van der Waals surface area contributed by atoms with Crippen LogP contribution in [0.3, 0.4) is 0 Å². The molecule has 2 aromatic rings. The number of nitrogens with zero attached hydrogens (tertiary/aromatic N) is 2. The fraction of sp³-hybridized carbons (Fsp3) is 0.500. The van der Waals surface area contributed by atoms with E-state index in [-0.39, 0.29) is 5.41 Å². The molecule has 0 atom stereocenters. The van der Waals surface area contributed by atoms with Crippen molar-refractivity contribution in [1.29, 1.82) is 0 Å². The van der Waals surface area contributed by atoms with Crippen molar-refractivity contribution in [1.82, 2.24) is 9.78 Å². The molecule has 1 N–H and O–H groups in total. The van der Waals surface area contributed by atoms with Gasteiger partial charge in [0.25, 0.3) is 0 Å². The highest BCUT2D eigenvalue weighted by atomic mass is 15.3. The monoisotopic (exact) mass is 285 g/mol. The summed E-state index contributed by atoms with van der Waals surface area (Å²) in [6, 6.07) is 8.70. The van der Waals surface area contributed by atoms with E-state index in [9.17, 15) is 0 Å². The molecular formula is C18H27N3. The highest BCUT2D eigenvalue weighted by molar-refractivity contribution is 5.46. The second kappa shape index (κ2) is 5.92. The van der Waals surface area contributed by atoms with E-state index in [1.807, 2.05) is 11.7 Å². The first kappa shape index (κ1) is 15.6. The van der Waals surface area contributed by atoms with Gasteiger partial charge in [-0.25, -0.2) is 0 Å². The summed E-state index contributed by atoms with van der Waals surface area (Å²) in [6.45, 7) is 11.9. The lowest BCUT2D eigenvalue weighted by molar-refractivity contribution is 0.549. The molecule has 1 aromatic heterocycles. The molecule has 0 unspecified atom stereocenters. The van der Waals surface area contributed by atoms with Gasteiger partial charge in [0, 0.05) is 36.5 Å². The van der Waals surface area contributed by atoms with Crippen molar-refractivity contribution in [2.75, 3.05) is 5.32 Å². The van der Waals surface area contributed by atoms with Gasteiger partial charge in [0.1, 0.15) is 0 Å². The van der Waals surface area contributed by atoms with Crippen molar-refractivity contribution in [2.45, 2.75) is 52.5 Å². The molecule has 0 radical (unpaired) electrons. The number of nitrogens with one attached hydrogen (secondary N) is 1.